The van der Waals surface area contributed by atoms with Gasteiger partial charge in [0, 0.05) is 45.2 Å². The quantitative estimate of drug-likeness (QED) is 0.849. The van der Waals surface area contributed by atoms with Crippen molar-refractivity contribution in [3.63, 3.8) is 0 Å². The third-order valence-corrected chi connectivity index (χ3v) is 5.45. The monoisotopic (exact) mass is 329 g/mol. The predicted octanol–water partition coefficient (Wildman–Crippen LogP) is 2.45. The molecule has 0 radical (unpaired) electrons. The Kier molecular flexibility index (Phi) is 5.90. The van der Waals surface area contributed by atoms with Crippen LogP contribution in [0.4, 0.5) is 0 Å². The number of hydrogen-bond donors (Lipinski definition) is 0. The number of carbonyl (C=O) groups is 1. The van der Waals surface area contributed by atoms with Crippen LogP contribution in [0, 0.1) is 5.92 Å². The van der Waals surface area contributed by atoms with Crippen molar-refractivity contribution in [2.75, 3.05) is 39.8 Å². The summed E-state index contributed by atoms with van der Waals surface area (Å²) in [7, 11) is 2.15. The average Bonchev–Trinajstić information content (AvgIpc) is 2.87. The van der Waals surface area contributed by atoms with Crippen molar-refractivity contribution in [3.8, 4) is 0 Å². The molecule has 0 aliphatic carbocycles. The summed E-state index contributed by atoms with van der Waals surface area (Å²) in [6, 6.07) is 11.0. The van der Waals surface area contributed by atoms with Crippen LogP contribution in [-0.4, -0.2) is 66.4 Å². The molecule has 2 atom stereocenters. The van der Waals surface area contributed by atoms with E-state index in [1.807, 2.05) is 0 Å². The maximum atomic E-state index is 12.8. The molecule has 24 heavy (non-hydrogen) atoms. The van der Waals surface area contributed by atoms with Gasteiger partial charge in [-0.1, -0.05) is 30.3 Å². The van der Waals surface area contributed by atoms with E-state index in [-0.39, 0.29) is 0 Å². The highest BCUT2D eigenvalue weighted by atomic mass is 16.2. The predicted molar refractivity (Wildman–Crippen MR) is 97.7 cm³/mol. The number of amides is 1. The van der Waals surface area contributed by atoms with Crippen LogP contribution in [0.15, 0.2) is 30.3 Å². The van der Waals surface area contributed by atoms with E-state index >= 15 is 0 Å². The fourth-order valence-electron chi connectivity index (χ4n) is 4.16. The number of benzene rings is 1. The summed E-state index contributed by atoms with van der Waals surface area (Å²) in [5, 5.41) is 0. The molecule has 2 aliphatic heterocycles. The number of rotatable bonds is 4. The lowest BCUT2D eigenvalue weighted by atomic mass is 10.0. The summed E-state index contributed by atoms with van der Waals surface area (Å²) in [5.41, 5.74) is 1.36. The van der Waals surface area contributed by atoms with Crippen LogP contribution < -0.4 is 0 Å². The molecule has 0 spiro atoms. The molecular weight excluding hydrogens is 298 g/mol. The molecule has 2 aliphatic rings. The zero-order valence-corrected chi connectivity index (χ0v) is 15.2. The van der Waals surface area contributed by atoms with Crippen LogP contribution in [0.3, 0.4) is 0 Å². The second-order valence-electron chi connectivity index (χ2n) is 7.63. The minimum Gasteiger partial charge on any atom is -0.339 e. The molecular formula is C20H31N3O. The molecule has 0 aromatic heterocycles. The first-order valence-electron chi connectivity index (χ1n) is 9.36. The highest BCUT2D eigenvalue weighted by Crippen LogP contribution is 2.21. The van der Waals surface area contributed by atoms with Crippen LogP contribution in [0.5, 0.6) is 0 Å². The summed E-state index contributed by atoms with van der Waals surface area (Å²) in [4.78, 5) is 19.8. The van der Waals surface area contributed by atoms with Crippen molar-refractivity contribution in [1.82, 2.24) is 14.7 Å². The molecule has 4 heteroatoms. The zero-order chi connectivity index (χ0) is 16.9. The second kappa shape index (κ2) is 8.13. The Labute approximate surface area is 146 Å². The lowest BCUT2D eigenvalue weighted by Gasteiger charge is -2.30. The average molecular weight is 329 g/mol. The molecule has 0 saturated carbocycles. The summed E-state index contributed by atoms with van der Waals surface area (Å²) >= 11 is 0. The minimum absolute atomic E-state index is 0.308. The van der Waals surface area contributed by atoms with Crippen LogP contribution in [-0.2, 0) is 11.3 Å². The van der Waals surface area contributed by atoms with Crippen molar-refractivity contribution >= 4 is 5.91 Å². The normalized spacial score (nSPS) is 26.5. The standard InChI is InChI=1S/C20H31N3O/c1-17-14-22(16-18-7-4-3-5-8-18)10-6-11-23(17)20(24)13-19-9-12-21(2)15-19/h3-5,7-8,17,19H,6,9-16H2,1-2H3. The molecule has 2 heterocycles. The van der Waals surface area contributed by atoms with Gasteiger partial charge in [-0.15, -0.1) is 0 Å². The molecule has 1 aromatic carbocycles. The van der Waals surface area contributed by atoms with E-state index in [1.165, 1.54) is 12.0 Å². The first kappa shape index (κ1) is 17.4. The molecule has 0 N–H and O–H groups in total. The molecule has 4 nitrogen and oxygen atoms in total. The van der Waals surface area contributed by atoms with Gasteiger partial charge in [-0.05, 0) is 44.8 Å². The Bertz CT molecular complexity index is 533. The Morgan fingerprint density at radius 2 is 1.92 bits per heavy atom. The smallest absolute Gasteiger partial charge is 0.223 e. The third-order valence-electron chi connectivity index (χ3n) is 5.45. The molecule has 1 aromatic rings. The molecule has 132 valence electrons. The lowest BCUT2D eigenvalue weighted by Crippen LogP contribution is -2.43. The van der Waals surface area contributed by atoms with Crippen molar-refractivity contribution in [3.05, 3.63) is 35.9 Å². The van der Waals surface area contributed by atoms with E-state index in [0.29, 0.717) is 17.9 Å². The van der Waals surface area contributed by atoms with E-state index in [2.05, 4.69) is 59.0 Å². The van der Waals surface area contributed by atoms with Crippen molar-refractivity contribution in [2.45, 2.75) is 38.8 Å². The van der Waals surface area contributed by atoms with Gasteiger partial charge in [0.25, 0.3) is 0 Å². The van der Waals surface area contributed by atoms with Gasteiger partial charge in [0.05, 0.1) is 0 Å². The van der Waals surface area contributed by atoms with E-state index in [0.717, 1.165) is 52.1 Å². The minimum atomic E-state index is 0.308. The van der Waals surface area contributed by atoms with Crippen LogP contribution in [0.2, 0.25) is 0 Å². The van der Waals surface area contributed by atoms with Gasteiger partial charge in [0.2, 0.25) is 5.91 Å². The maximum Gasteiger partial charge on any atom is 0.223 e. The molecule has 2 fully saturated rings. The fourth-order valence-corrected chi connectivity index (χ4v) is 4.16. The van der Waals surface area contributed by atoms with E-state index in [4.69, 9.17) is 0 Å². The van der Waals surface area contributed by atoms with E-state index in [9.17, 15) is 4.79 Å². The van der Waals surface area contributed by atoms with Gasteiger partial charge in [-0.2, -0.15) is 0 Å². The van der Waals surface area contributed by atoms with Gasteiger partial charge in [0.1, 0.15) is 0 Å². The molecule has 0 bridgehead atoms. The summed E-state index contributed by atoms with van der Waals surface area (Å²) in [6.07, 6.45) is 2.98. The Morgan fingerprint density at radius 1 is 1.12 bits per heavy atom. The topological polar surface area (TPSA) is 26.8 Å². The second-order valence-corrected chi connectivity index (χ2v) is 7.63. The number of hydrogen-bond acceptors (Lipinski definition) is 3. The Balaban J connectivity index is 1.54. The summed E-state index contributed by atoms with van der Waals surface area (Å²) in [5.74, 6) is 0.919. The fraction of sp³-hybridized carbons (Fsp3) is 0.650. The van der Waals surface area contributed by atoms with Gasteiger partial charge in [0.15, 0.2) is 0 Å². The van der Waals surface area contributed by atoms with Crippen LogP contribution >= 0.6 is 0 Å². The Morgan fingerprint density at radius 3 is 2.62 bits per heavy atom. The molecule has 2 unspecified atom stereocenters. The molecule has 2 saturated heterocycles. The zero-order valence-electron chi connectivity index (χ0n) is 15.2. The number of likely N-dealkylation sites (tertiary alicyclic amines) is 1. The van der Waals surface area contributed by atoms with Gasteiger partial charge >= 0.3 is 0 Å². The molecule has 3 rings (SSSR count). The Hall–Kier alpha value is -1.39. The van der Waals surface area contributed by atoms with Crippen LogP contribution in [0.25, 0.3) is 0 Å². The van der Waals surface area contributed by atoms with Crippen molar-refractivity contribution < 1.29 is 4.79 Å². The van der Waals surface area contributed by atoms with Crippen molar-refractivity contribution in [2.24, 2.45) is 5.92 Å². The first-order valence-corrected chi connectivity index (χ1v) is 9.36. The van der Waals surface area contributed by atoms with E-state index < -0.39 is 0 Å². The highest BCUT2D eigenvalue weighted by Gasteiger charge is 2.29. The van der Waals surface area contributed by atoms with Gasteiger partial charge in [-0.3, -0.25) is 9.69 Å². The maximum absolute atomic E-state index is 12.8. The largest absolute Gasteiger partial charge is 0.339 e. The van der Waals surface area contributed by atoms with Gasteiger partial charge in [-0.25, -0.2) is 0 Å². The lowest BCUT2D eigenvalue weighted by molar-refractivity contribution is -0.134. The summed E-state index contributed by atoms with van der Waals surface area (Å²) < 4.78 is 0. The highest BCUT2D eigenvalue weighted by molar-refractivity contribution is 5.77. The summed E-state index contributed by atoms with van der Waals surface area (Å²) in [6.45, 7) is 8.38. The number of carbonyl (C=O) groups excluding carboxylic acids is 1. The van der Waals surface area contributed by atoms with Crippen LogP contribution in [0.1, 0.15) is 31.7 Å². The molecule has 1 amide bonds. The van der Waals surface area contributed by atoms with Crippen molar-refractivity contribution in [1.29, 1.82) is 0 Å². The van der Waals surface area contributed by atoms with E-state index in [1.54, 1.807) is 0 Å². The van der Waals surface area contributed by atoms with Gasteiger partial charge < -0.3 is 9.80 Å². The number of nitrogens with zero attached hydrogens (tertiary/aromatic N) is 3. The SMILES string of the molecule is CC1CN(Cc2ccccc2)CCCN1C(=O)CC1CCN(C)C1. The first-order chi connectivity index (χ1) is 11.6. The third kappa shape index (κ3) is 4.58.